The molecule has 1 amide bonds. The molecule has 0 spiro atoms. The lowest BCUT2D eigenvalue weighted by atomic mass is 9.85. The van der Waals surface area contributed by atoms with Crippen LogP contribution in [0.3, 0.4) is 0 Å². The molecule has 11 nitrogen and oxygen atoms in total. The summed E-state index contributed by atoms with van der Waals surface area (Å²) < 4.78 is 27.5. The molecule has 2 heterocycles. The van der Waals surface area contributed by atoms with Gasteiger partial charge >= 0.3 is 0 Å². The Morgan fingerprint density at radius 1 is 1.29 bits per heavy atom. The van der Waals surface area contributed by atoms with Gasteiger partial charge in [-0.1, -0.05) is 32.7 Å². The molecular weight excluding hydrogens is 625 g/mol. The molecule has 2 aliphatic rings. The first-order chi connectivity index (χ1) is 19.6. The summed E-state index contributed by atoms with van der Waals surface area (Å²) in [5.74, 6) is -1.17. The minimum atomic E-state index is -1.38. The number of benzene rings is 2. The van der Waals surface area contributed by atoms with Gasteiger partial charge in [0.25, 0.3) is 5.91 Å². The molecule has 216 valence electrons. The van der Waals surface area contributed by atoms with E-state index >= 15 is 0 Å². The highest BCUT2D eigenvalue weighted by Crippen LogP contribution is 2.38. The number of aromatic nitrogens is 3. The summed E-state index contributed by atoms with van der Waals surface area (Å²) >= 11 is 9.37. The van der Waals surface area contributed by atoms with Gasteiger partial charge < -0.3 is 29.7 Å². The number of aliphatic hydroxyl groups excluding tert-OH is 3. The number of rotatable bonds is 7. The maximum Gasteiger partial charge on any atom is 0.259 e. The highest BCUT2D eigenvalue weighted by atomic mass is 79.9. The van der Waals surface area contributed by atoms with Gasteiger partial charge in [0.1, 0.15) is 35.9 Å². The van der Waals surface area contributed by atoms with Crippen molar-refractivity contribution in [2.45, 2.75) is 55.4 Å². The van der Waals surface area contributed by atoms with E-state index in [9.17, 15) is 29.8 Å². The predicted molar refractivity (Wildman–Crippen MR) is 147 cm³/mol. The van der Waals surface area contributed by atoms with Gasteiger partial charge in [0.15, 0.2) is 6.10 Å². The molecule has 2 fully saturated rings. The Morgan fingerprint density at radius 3 is 2.68 bits per heavy atom. The zero-order valence-electron chi connectivity index (χ0n) is 21.6. The molecule has 1 aliphatic carbocycles. The molecule has 7 atom stereocenters. The summed E-state index contributed by atoms with van der Waals surface area (Å²) in [6.07, 6.45) is -3.44. The molecule has 0 bridgehead atoms. The third kappa shape index (κ3) is 5.74. The van der Waals surface area contributed by atoms with E-state index in [1.165, 1.54) is 41.1 Å². The summed E-state index contributed by atoms with van der Waals surface area (Å²) in [7, 11) is 1.34. The highest BCUT2D eigenvalue weighted by Gasteiger charge is 2.52. The maximum atomic E-state index is 14.3. The number of halogens is 3. The van der Waals surface area contributed by atoms with Gasteiger partial charge in [-0.05, 0) is 49.2 Å². The van der Waals surface area contributed by atoms with E-state index in [4.69, 9.17) is 21.1 Å². The zero-order chi connectivity index (χ0) is 29.4. The Hall–Kier alpha value is -2.96. The minimum Gasteiger partial charge on any atom is -0.394 e. The molecule has 3 aromatic rings. The molecule has 41 heavy (non-hydrogen) atoms. The van der Waals surface area contributed by atoms with E-state index in [0.717, 1.165) is 6.07 Å². The third-order valence-corrected chi connectivity index (χ3v) is 8.09. The van der Waals surface area contributed by atoms with Crippen molar-refractivity contribution in [1.82, 2.24) is 15.0 Å². The zero-order valence-corrected chi connectivity index (χ0v) is 24.0. The molecule has 14 heteroatoms. The Bertz CT molecular complexity index is 1470. The molecule has 2 aromatic carbocycles. The van der Waals surface area contributed by atoms with Gasteiger partial charge in [0, 0.05) is 27.9 Å². The normalized spacial score (nSPS) is 27.6. The molecule has 5 unspecified atom stereocenters. The number of nitriles is 1. The second-order valence-electron chi connectivity index (χ2n) is 9.93. The van der Waals surface area contributed by atoms with Crippen molar-refractivity contribution in [3.63, 3.8) is 0 Å². The van der Waals surface area contributed by atoms with Crippen molar-refractivity contribution in [1.29, 1.82) is 5.26 Å². The average molecular weight is 651 g/mol. The van der Waals surface area contributed by atoms with Crippen LogP contribution in [0.1, 0.15) is 24.4 Å². The first-order valence-electron chi connectivity index (χ1n) is 12.7. The minimum absolute atomic E-state index is 0.159. The number of anilines is 1. The van der Waals surface area contributed by atoms with Gasteiger partial charge in [-0.25, -0.2) is 9.07 Å². The summed E-state index contributed by atoms with van der Waals surface area (Å²) in [6.45, 7) is -0.625. The third-order valence-electron chi connectivity index (χ3n) is 7.42. The van der Waals surface area contributed by atoms with Gasteiger partial charge in [-0.3, -0.25) is 4.79 Å². The Kier molecular flexibility index (Phi) is 8.72. The van der Waals surface area contributed by atoms with Crippen LogP contribution in [-0.4, -0.2) is 86.5 Å². The molecule has 1 aliphatic heterocycles. The molecule has 3 N–H and O–H groups in total. The van der Waals surface area contributed by atoms with Crippen LogP contribution in [0.25, 0.3) is 11.3 Å². The van der Waals surface area contributed by atoms with Crippen molar-refractivity contribution in [3.05, 3.63) is 63.5 Å². The molecule has 1 saturated carbocycles. The van der Waals surface area contributed by atoms with Gasteiger partial charge in [-0.2, -0.15) is 5.26 Å². The largest absolute Gasteiger partial charge is 0.394 e. The predicted octanol–water partition coefficient (Wildman–Crippen LogP) is 2.60. The van der Waals surface area contributed by atoms with Crippen molar-refractivity contribution in [2.75, 3.05) is 18.6 Å². The summed E-state index contributed by atoms with van der Waals surface area (Å²) in [5, 5.41) is 49.7. The van der Waals surface area contributed by atoms with Crippen LogP contribution in [0.2, 0.25) is 5.02 Å². The van der Waals surface area contributed by atoms with E-state index in [2.05, 4.69) is 32.3 Å². The van der Waals surface area contributed by atoms with Crippen LogP contribution in [-0.2, 0) is 14.3 Å². The lowest BCUT2D eigenvalue weighted by molar-refractivity contribution is -0.211. The molecule has 1 aromatic heterocycles. The smallest absolute Gasteiger partial charge is 0.259 e. The number of nitrogens with zero attached hydrogens (tertiary/aromatic N) is 5. The lowest BCUT2D eigenvalue weighted by Gasteiger charge is -2.47. The first-order valence-corrected chi connectivity index (χ1v) is 13.9. The maximum absolute atomic E-state index is 14.3. The van der Waals surface area contributed by atoms with Crippen molar-refractivity contribution < 1.29 is 34.0 Å². The second kappa shape index (κ2) is 12.1. The fourth-order valence-corrected chi connectivity index (χ4v) is 5.98. The van der Waals surface area contributed by atoms with Crippen LogP contribution in [0.15, 0.2) is 47.1 Å². The Labute approximate surface area is 247 Å². The van der Waals surface area contributed by atoms with Crippen molar-refractivity contribution in [3.8, 4) is 17.3 Å². The van der Waals surface area contributed by atoms with Gasteiger partial charge in [0.2, 0.25) is 0 Å². The van der Waals surface area contributed by atoms with Crippen molar-refractivity contribution >= 4 is 39.1 Å². The van der Waals surface area contributed by atoms with Crippen LogP contribution in [0.4, 0.5) is 10.1 Å². The Morgan fingerprint density at radius 2 is 2.07 bits per heavy atom. The second-order valence-corrected chi connectivity index (χ2v) is 11.3. The topological polar surface area (TPSA) is 154 Å². The van der Waals surface area contributed by atoms with Crippen LogP contribution >= 0.6 is 27.5 Å². The van der Waals surface area contributed by atoms with E-state index in [1.807, 2.05) is 0 Å². The van der Waals surface area contributed by atoms with Crippen LogP contribution in [0.5, 0.6) is 0 Å². The molecular formula is C27H26BrClFN5O6. The average Bonchev–Trinajstić information content (AvgIpc) is 3.43. The number of hydrogen-bond donors (Lipinski definition) is 3. The SMILES string of the molecule is COC1C(C(=O)N(c2cc(Br)cc(C#N)c2)[C@@H]2CC[C@H]2O)OC(CO)C(O)C1n1cc(-c2cc(F)cc(Cl)c2)nn1. The standard InChI is InChI=1S/C27H26BrClFN5O6/c1-40-25-23(34-11-19(32-33-34)14-6-16(29)9-17(30)7-14)24(38)22(12-36)41-26(25)27(39)35(20-2-3-21(20)37)18-5-13(10-31)4-15(28)8-18/h4-9,11,20-26,36-38H,2-3,12H2,1H3/t20-,21-,22?,23?,24?,25?,26?/m1/s1. The summed E-state index contributed by atoms with van der Waals surface area (Å²) in [6, 6.07) is 9.06. The van der Waals surface area contributed by atoms with E-state index < -0.39 is 60.9 Å². The first kappa shape index (κ1) is 29.5. The van der Waals surface area contributed by atoms with Crippen LogP contribution in [0, 0.1) is 17.1 Å². The number of aliphatic hydroxyl groups is 3. The van der Waals surface area contributed by atoms with Gasteiger partial charge in [-0.15, -0.1) is 5.10 Å². The van der Waals surface area contributed by atoms with E-state index in [1.54, 1.807) is 12.1 Å². The monoisotopic (exact) mass is 649 g/mol. The number of methoxy groups -OCH3 is 1. The molecule has 0 radical (unpaired) electrons. The number of hydrogen-bond acceptors (Lipinski definition) is 9. The molecule has 5 rings (SSSR count). The number of ether oxygens (including phenoxy) is 2. The lowest BCUT2D eigenvalue weighted by Crippen LogP contribution is -2.64. The molecule has 1 saturated heterocycles. The summed E-state index contributed by atoms with van der Waals surface area (Å²) in [4.78, 5) is 15.6. The van der Waals surface area contributed by atoms with E-state index in [0.29, 0.717) is 34.1 Å². The van der Waals surface area contributed by atoms with Gasteiger partial charge in [0.05, 0.1) is 36.6 Å². The fraction of sp³-hybridized carbons (Fsp3) is 0.407. The number of carbonyl (C=O) groups excluding carboxylic acids is 1. The van der Waals surface area contributed by atoms with E-state index in [-0.39, 0.29) is 10.7 Å². The van der Waals surface area contributed by atoms with Crippen molar-refractivity contribution in [2.24, 2.45) is 0 Å². The fourth-order valence-electron chi connectivity index (χ4n) is 5.28. The quantitative estimate of drug-likeness (QED) is 0.350. The summed E-state index contributed by atoms with van der Waals surface area (Å²) in [5.41, 5.74) is 1.25. The Balaban J connectivity index is 1.54. The highest BCUT2D eigenvalue weighted by molar-refractivity contribution is 9.10. The number of carbonyl (C=O) groups is 1. The number of amides is 1. The van der Waals surface area contributed by atoms with Crippen LogP contribution < -0.4 is 4.90 Å².